The molecule has 0 saturated heterocycles. The summed E-state index contributed by atoms with van der Waals surface area (Å²) in [5.41, 5.74) is 0.908. The second kappa shape index (κ2) is 8.62. The largest absolute Gasteiger partial charge is 0.317 e. The quantitative estimate of drug-likeness (QED) is 0.688. The molecule has 114 valence electrons. The maximum absolute atomic E-state index is 12.0. The van der Waals surface area contributed by atoms with Crippen LogP contribution in [-0.4, -0.2) is 27.3 Å². The first-order valence-electron chi connectivity index (χ1n) is 6.91. The standard InChI is InChI=1S/C14H23ClN2O2S/c1-3-16-10-4-5-11-20(18,19)17-12(2)13-6-8-14(15)9-7-13/h6-9,12,16-17H,3-5,10-11H2,1-2H3. The zero-order valence-electron chi connectivity index (χ0n) is 12.0. The van der Waals surface area contributed by atoms with Crippen molar-refractivity contribution < 1.29 is 8.42 Å². The van der Waals surface area contributed by atoms with E-state index in [2.05, 4.69) is 10.0 Å². The zero-order valence-corrected chi connectivity index (χ0v) is 13.6. The van der Waals surface area contributed by atoms with E-state index in [1.807, 2.05) is 26.0 Å². The number of hydrogen-bond acceptors (Lipinski definition) is 3. The molecule has 1 rings (SSSR count). The highest BCUT2D eigenvalue weighted by molar-refractivity contribution is 7.89. The molecule has 20 heavy (non-hydrogen) atoms. The summed E-state index contributed by atoms with van der Waals surface area (Å²) in [6, 6.07) is 6.95. The van der Waals surface area contributed by atoms with Crippen molar-refractivity contribution in [1.29, 1.82) is 0 Å². The highest BCUT2D eigenvalue weighted by Crippen LogP contribution is 2.17. The van der Waals surface area contributed by atoms with E-state index in [0.29, 0.717) is 11.4 Å². The minimum Gasteiger partial charge on any atom is -0.317 e. The predicted molar refractivity (Wildman–Crippen MR) is 84.6 cm³/mol. The second-order valence-corrected chi connectivity index (χ2v) is 7.08. The first-order valence-corrected chi connectivity index (χ1v) is 8.94. The average Bonchev–Trinajstić information content (AvgIpc) is 2.38. The van der Waals surface area contributed by atoms with Crippen molar-refractivity contribution in [3.63, 3.8) is 0 Å². The van der Waals surface area contributed by atoms with E-state index >= 15 is 0 Å². The van der Waals surface area contributed by atoms with Crippen LogP contribution < -0.4 is 10.0 Å². The maximum Gasteiger partial charge on any atom is 0.212 e. The van der Waals surface area contributed by atoms with Gasteiger partial charge >= 0.3 is 0 Å². The van der Waals surface area contributed by atoms with Crippen molar-refractivity contribution in [2.24, 2.45) is 0 Å². The molecule has 1 aromatic rings. The molecule has 0 bridgehead atoms. The molecular weight excluding hydrogens is 296 g/mol. The molecule has 0 heterocycles. The van der Waals surface area contributed by atoms with E-state index < -0.39 is 10.0 Å². The van der Waals surface area contributed by atoms with E-state index in [0.717, 1.165) is 25.1 Å². The summed E-state index contributed by atoms with van der Waals surface area (Å²) >= 11 is 5.82. The van der Waals surface area contributed by atoms with Gasteiger partial charge in [0, 0.05) is 11.1 Å². The Bertz CT molecular complexity index is 488. The molecule has 1 unspecified atom stereocenters. The maximum atomic E-state index is 12.0. The van der Waals surface area contributed by atoms with E-state index in [-0.39, 0.29) is 11.8 Å². The molecule has 0 aromatic heterocycles. The van der Waals surface area contributed by atoms with Gasteiger partial charge in [0.15, 0.2) is 0 Å². The first-order chi connectivity index (χ1) is 9.44. The minimum atomic E-state index is -3.24. The third-order valence-corrected chi connectivity index (χ3v) is 4.78. The molecule has 2 N–H and O–H groups in total. The summed E-state index contributed by atoms with van der Waals surface area (Å²) in [5.74, 6) is 0.163. The van der Waals surface area contributed by atoms with Crippen LogP contribution in [0, 0.1) is 0 Å². The van der Waals surface area contributed by atoms with Crippen LogP contribution in [0.15, 0.2) is 24.3 Å². The molecule has 0 amide bonds. The van der Waals surface area contributed by atoms with Crippen molar-refractivity contribution in [3.05, 3.63) is 34.9 Å². The molecule has 0 fully saturated rings. The van der Waals surface area contributed by atoms with Gasteiger partial charge in [0.25, 0.3) is 0 Å². The Morgan fingerprint density at radius 1 is 1.20 bits per heavy atom. The smallest absolute Gasteiger partial charge is 0.212 e. The topological polar surface area (TPSA) is 58.2 Å². The van der Waals surface area contributed by atoms with E-state index in [1.54, 1.807) is 12.1 Å². The number of nitrogens with one attached hydrogen (secondary N) is 2. The van der Waals surface area contributed by atoms with Crippen molar-refractivity contribution in [2.75, 3.05) is 18.8 Å². The molecule has 6 heteroatoms. The molecule has 4 nitrogen and oxygen atoms in total. The number of halogens is 1. The Balaban J connectivity index is 2.43. The Kier molecular flexibility index (Phi) is 7.51. The summed E-state index contributed by atoms with van der Waals surface area (Å²) in [6.07, 6.45) is 1.53. The minimum absolute atomic E-state index is 0.163. The molecule has 0 aliphatic heterocycles. The predicted octanol–water partition coefficient (Wildman–Crippen LogP) is 2.71. The fraction of sp³-hybridized carbons (Fsp3) is 0.571. The van der Waals surface area contributed by atoms with Gasteiger partial charge in [-0.2, -0.15) is 0 Å². The van der Waals surface area contributed by atoms with Crippen LogP contribution in [0.2, 0.25) is 5.02 Å². The van der Waals surface area contributed by atoms with Crippen LogP contribution in [0.1, 0.15) is 38.3 Å². The Morgan fingerprint density at radius 3 is 2.45 bits per heavy atom. The zero-order chi connectivity index (χ0) is 15.0. The van der Waals surface area contributed by atoms with Gasteiger partial charge in [-0.15, -0.1) is 0 Å². The number of sulfonamides is 1. The van der Waals surface area contributed by atoms with Crippen LogP contribution >= 0.6 is 11.6 Å². The Morgan fingerprint density at radius 2 is 1.85 bits per heavy atom. The second-order valence-electron chi connectivity index (χ2n) is 4.77. The lowest BCUT2D eigenvalue weighted by Crippen LogP contribution is -2.29. The van der Waals surface area contributed by atoms with Gasteiger partial charge in [-0.3, -0.25) is 0 Å². The SMILES string of the molecule is CCNCCCCS(=O)(=O)NC(C)c1ccc(Cl)cc1. The van der Waals surface area contributed by atoms with Gasteiger partial charge in [0.1, 0.15) is 0 Å². The highest BCUT2D eigenvalue weighted by Gasteiger charge is 2.15. The number of benzene rings is 1. The van der Waals surface area contributed by atoms with Crippen LogP contribution in [-0.2, 0) is 10.0 Å². The average molecular weight is 319 g/mol. The van der Waals surface area contributed by atoms with Gasteiger partial charge in [0.05, 0.1) is 5.75 Å². The van der Waals surface area contributed by atoms with E-state index in [4.69, 9.17) is 11.6 Å². The number of hydrogen-bond donors (Lipinski definition) is 2. The van der Waals surface area contributed by atoms with Crippen molar-refractivity contribution >= 4 is 21.6 Å². The molecule has 0 radical (unpaired) electrons. The monoisotopic (exact) mass is 318 g/mol. The first kappa shape index (κ1) is 17.4. The molecule has 0 saturated carbocycles. The van der Waals surface area contributed by atoms with Crippen LogP contribution in [0.25, 0.3) is 0 Å². The number of rotatable bonds is 9. The van der Waals surface area contributed by atoms with Crippen molar-refractivity contribution in [2.45, 2.75) is 32.7 Å². The van der Waals surface area contributed by atoms with Gasteiger partial charge < -0.3 is 5.32 Å². The third kappa shape index (κ3) is 6.70. The van der Waals surface area contributed by atoms with Gasteiger partial charge in [0.2, 0.25) is 10.0 Å². The summed E-state index contributed by atoms with van der Waals surface area (Å²) in [4.78, 5) is 0. The van der Waals surface area contributed by atoms with Crippen molar-refractivity contribution in [3.8, 4) is 0 Å². The van der Waals surface area contributed by atoms with Crippen LogP contribution in [0.5, 0.6) is 0 Å². The lowest BCUT2D eigenvalue weighted by atomic mass is 10.1. The lowest BCUT2D eigenvalue weighted by molar-refractivity contribution is 0.561. The van der Waals surface area contributed by atoms with Gasteiger partial charge in [-0.05, 0) is 50.6 Å². The van der Waals surface area contributed by atoms with Gasteiger partial charge in [-0.1, -0.05) is 30.7 Å². The van der Waals surface area contributed by atoms with E-state index in [1.165, 1.54) is 0 Å². The molecule has 1 aromatic carbocycles. The molecule has 1 atom stereocenters. The normalized spacial score (nSPS) is 13.3. The van der Waals surface area contributed by atoms with Gasteiger partial charge in [-0.25, -0.2) is 13.1 Å². The molecule has 0 aliphatic rings. The van der Waals surface area contributed by atoms with Crippen LogP contribution in [0.4, 0.5) is 0 Å². The third-order valence-electron chi connectivity index (χ3n) is 2.99. The summed E-state index contributed by atoms with van der Waals surface area (Å²) in [7, 11) is -3.24. The summed E-state index contributed by atoms with van der Waals surface area (Å²) in [6.45, 7) is 5.64. The van der Waals surface area contributed by atoms with E-state index in [9.17, 15) is 8.42 Å². The summed E-state index contributed by atoms with van der Waals surface area (Å²) in [5, 5.41) is 3.82. The summed E-state index contributed by atoms with van der Waals surface area (Å²) < 4.78 is 26.6. The molecular formula is C14H23ClN2O2S. The van der Waals surface area contributed by atoms with Crippen LogP contribution in [0.3, 0.4) is 0 Å². The Labute approximate surface area is 127 Å². The number of unbranched alkanes of at least 4 members (excludes halogenated alkanes) is 1. The molecule has 0 spiro atoms. The highest BCUT2D eigenvalue weighted by atomic mass is 35.5. The molecule has 0 aliphatic carbocycles. The fourth-order valence-corrected chi connectivity index (χ4v) is 3.37. The lowest BCUT2D eigenvalue weighted by Gasteiger charge is -2.14. The Hall–Kier alpha value is -0.620. The van der Waals surface area contributed by atoms with Crippen molar-refractivity contribution in [1.82, 2.24) is 10.0 Å². The fourth-order valence-electron chi connectivity index (χ4n) is 1.87.